The zero-order valence-electron chi connectivity index (χ0n) is 16.1. The summed E-state index contributed by atoms with van der Waals surface area (Å²) in [4.78, 5) is 3.14. The van der Waals surface area contributed by atoms with Crippen molar-refractivity contribution in [1.29, 1.82) is 0 Å². The average molecular weight is 349 g/mol. The van der Waals surface area contributed by atoms with Crippen LogP contribution in [0.3, 0.4) is 0 Å². The van der Waals surface area contributed by atoms with Gasteiger partial charge in [-0.2, -0.15) is 0 Å². The second kappa shape index (κ2) is 7.80. The minimum atomic E-state index is 0.495. The summed E-state index contributed by atoms with van der Waals surface area (Å²) in [6, 6.07) is 0.918. The van der Waals surface area contributed by atoms with Crippen molar-refractivity contribution >= 4 is 10.4 Å². The second-order valence-electron chi connectivity index (χ2n) is 9.36. The summed E-state index contributed by atoms with van der Waals surface area (Å²) in [5, 5.41) is 0. The van der Waals surface area contributed by atoms with E-state index in [1.165, 1.54) is 120 Å². The van der Waals surface area contributed by atoms with Gasteiger partial charge < -0.3 is 4.57 Å². The molecule has 0 aromatic carbocycles. The zero-order chi connectivity index (χ0) is 16.4. The zero-order valence-corrected chi connectivity index (χ0v) is 18.1. The Morgan fingerprint density at radius 1 is 0.583 bits per heavy atom. The molecule has 0 atom stereocenters. The fourth-order valence-corrected chi connectivity index (χ4v) is 8.37. The molecule has 4 aliphatic rings. The van der Waals surface area contributed by atoms with Crippen LogP contribution >= 0.6 is 0 Å². The van der Waals surface area contributed by atoms with E-state index in [4.69, 9.17) is 0 Å². The molecule has 0 bridgehead atoms. The Bertz CT molecular complexity index is 377. The van der Waals surface area contributed by atoms with E-state index >= 15 is 0 Å². The summed E-state index contributed by atoms with van der Waals surface area (Å²) in [5.41, 5.74) is 0.495. The van der Waals surface area contributed by atoms with E-state index in [0.717, 1.165) is 17.9 Å². The van der Waals surface area contributed by atoms with Gasteiger partial charge in [-0.15, -0.1) is 0 Å². The van der Waals surface area contributed by atoms with Crippen LogP contribution in [-0.4, -0.2) is 44.7 Å². The fourth-order valence-electron chi connectivity index (χ4n) is 7.18. The van der Waals surface area contributed by atoms with Crippen LogP contribution in [0.15, 0.2) is 0 Å². The van der Waals surface area contributed by atoms with E-state index in [-0.39, 0.29) is 0 Å². The van der Waals surface area contributed by atoms with Crippen LogP contribution in [0.25, 0.3) is 0 Å². The Kier molecular flexibility index (Phi) is 5.70. The van der Waals surface area contributed by atoms with Crippen LogP contribution in [0, 0.1) is 11.8 Å². The molecule has 24 heavy (non-hydrogen) atoms. The summed E-state index contributed by atoms with van der Waals surface area (Å²) in [6.45, 7) is 2.77. The second-order valence-corrected chi connectivity index (χ2v) is 10.4. The first-order chi connectivity index (χ1) is 11.8. The van der Waals surface area contributed by atoms with Crippen LogP contribution in [0.2, 0.25) is 0 Å². The Morgan fingerprint density at radius 3 is 1.54 bits per heavy atom. The minimum Gasteiger partial charge on any atom is -0.314 e. The molecular weight excluding hydrogens is 308 g/mol. The number of nitrogens with zero attached hydrogens (tertiary/aromatic N) is 2. The van der Waals surface area contributed by atoms with Crippen molar-refractivity contribution in [3.63, 3.8) is 0 Å². The molecule has 0 radical (unpaired) electrons. The van der Waals surface area contributed by atoms with Crippen molar-refractivity contribution in [2.24, 2.45) is 11.8 Å². The quantitative estimate of drug-likeness (QED) is 0.709. The van der Waals surface area contributed by atoms with Crippen LogP contribution in [0.4, 0.5) is 0 Å². The summed E-state index contributed by atoms with van der Waals surface area (Å²) >= 11 is 0. The Hall–Kier alpha value is 0.137. The van der Waals surface area contributed by atoms with E-state index in [2.05, 4.69) is 9.47 Å². The first kappa shape index (κ1) is 17.5. The van der Waals surface area contributed by atoms with E-state index in [1.807, 2.05) is 0 Å². The molecule has 4 rings (SSSR count). The smallest absolute Gasteiger partial charge is 0.0808 e. The van der Waals surface area contributed by atoms with Gasteiger partial charge in [-0.1, -0.05) is 57.8 Å². The standard InChI is InChI=1S/C21H40N2Si/c24-23-17-16-22(20-14-8-3-9-15-20)21(23,18-10-4-1-5-11-18)19-12-6-2-7-13-19/h18-20H,1-17H2,24H3. The molecular formula is C21H40N2Si. The molecule has 0 unspecified atom stereocenters. The average Bonchev–Trinajstić information content (AvgIpc) is 3.02. The molecule has 0 spiro atoms. The third-order valence-electron chi connectivity index (χ3n) is 8.18. The third-order valence-corrected chi connectivity index (χ3v) is 9.34. The van der Waals surface area contributed by atoms with Gasteiger partial charge in [0.15, 0.2) is 0 Å². The molecule has 3 heteroatoms. The molecule has 0 amide bonds. The fraction of sp³-hybridized carbons (Fsp3) is 1.00. The minimum absolute atomic E-state index is 0.495. The lowest BCUT2D eigenvalue weighted by molar-refractivity contribution is -0.0978. The van der Waals surface area contributed by atoms with Crippen molar-refractivity contribution in [1.82, 2.24) is 9.47 Å². The van der Waals surface area contributed by atoms with Gasteiger partial charge in [0.05, 0.1) is 16.1 Å². The highest BCUT2D eigenvalue weighted by Crippen LogP contribution is 2.51. The molecule has 0 N–H and O–H groups in total. The summed E-state index contributed by atoms with van der Waals surface area (Å²) in [7, 11) is 1.28. The highest BCUT2D eigenvalue weighted by atomic mass is 28.2. The van der Waals surface area contributed by atoms with Crippen LogP contribution < -0.4 is 0 Å². The molecule has 0 aromatic rings. The predicted molar refractivity (Wildman–Crippen MR) is 106 cm³/mol. The van der Waals surface area contributed by atoms with Crippen LogP contribution in [0.5, 0.6) is 0 Å². The van der Waals surface area contributed by atoms with Crippen molar-refractivity contribution in [3.05, 3.63) is 0 Å². The van der Waals surface area contributed by atoms with Crippen LogP contribution in [-0.2, 0) is 0 Å². The molecule has 1 saturated heterocycles. The van der Waals surface area contributed by atoms with Gasteiger partial charge in [-0.05, 0) is 50.4 Å². The highest BCUT2D eigenvalue weighted by Gasteiger charge is 2.56. The summed E-state index contributed by atoms with van der Waals surface area (Å²) in [5.74, 6) is 1.97. The predicted octanol–water partition coefficient (Wildman–Crippen LogP) is 4.07. The van der Waals surface area contributed by atoms with Crippen molar-refractivity contribution in [2.75, 3.05) is 13.1 Å². The largest absolute Gasteiger partial charge is 0.314 e. The molecule has 1 heterocycles. The lowest BCUT2D eigenvalue weighted by atomic mass is 9.68. The SMILES string of the molecule is [SiH3]N1CCN(C2CCCCC2)C1(C1CCCCC1)C1CCCCC1. The van der Waals surface area contributed by atoms with E-state index in [1.54, 1.807) is 0 Å². The molecule has 138 valence electrons. The van der Waals surface area contributed by atoms with Gasteiger partial charge in [-0.3, -0.25) is 4.90 Å². The Morgan fingerprint density at radius 2 is 1.04 bits per heavy atom. The Labute approximate surface area is 153 Å². The summed E-state index contributed by atoms with van der Waals surface area (Å²) < 4.78 is 3.01. The maximum atomic E-state index is 3.14. The van der Waals surface area contributed by atoms with Gasteiger partial charge in [0.1, 0.15) is 0 Å². The number of rotatable bonds is 3. The maximum absolute atomic E-state index is 3.14. The van der Waals surface area contributed by atoms with Crippen molar-refractivity contribution in [2.45, 2.75) is 108 Å². The first-order valence-electron chi connectivity index (χ1n) is 11.3. The first-order valence-corrected chi connectivity index (χ1v) is 12.2. The molecule has 3 saturated carbocycles. The topological polar surface area (TPSA) is 6.48 Å². The lowest BCUT2D eigenvalue weighted by Crippen LogP contribution is -2.65. The van der Waals surface area contributed by atoms with Gasteiger partial charge in [-0.25, -0.2) is 0 Å². The molecule has 3 aliphatic carbocycles. The lowest BCUT2D eigenvalue weighted by Gasteiger charge is -2.57. The molecule has 0 aromatic heterocycles. The Balaban J connectivity index is 1.67. The van der Waals surface area contributed by atoms with E-state index < -0.39 is 0 Å². The van der Waals surface area contributed by atoms with Gasteiger partial charge in [0.2, 0.25) is 0 Å². The van der Waals surface area contributed by atoms with Gasteiger partial charge in [0.25, 0.3) is 0 Å². The monoisotopic (exact) mass is 348 g/mol. The maximum Gasteiger partial charge on any atom is 0.0808 e. The number of hydrogen-bond acceptors (Lipinski definition) is 2. The summed E-state index contributed by atoms with van der Waals surface area (Å²) in [6.07, 6.45) is 22.6. The highest BCUT2D eigenvalue weighted by molar-refractivity contribution is 6.05. The van der Waals surface area contributed by atoms with E-state index in [0.29, 0.717) is 5.66 Å². The van der Waals surface area contributed by atoms with Crippen molar-refractivity contribution < 1.29 is 0 Å². The molecule has 1 aliphatic heterocycles. The molecule has 4 fully saturated rings. The van der Waals surface area contributed by atoms with E-state index in [9.17, 15) is 0 Å². The van der Waals surface area contributed by atoms with Crippen LogP contribution in [0.1, 0.15) is 96.3 Å². The van der Waals surface area contributed by atoms with Gasteiger partial charge >= 0.3 is 0 Å². The third kappa shape index (κ3) is 3.03. The van der Waals surface area contributed by atoms with Gasteiger partial charge in [0, 0.05) is 19.1 Å². The van der Waals surface area contributed by atoms with Crippen molar-refractivity contribution in [3.8, 4) is 0 Å². The molecule has 2 nitrogen and oxygen atoms in total. The number of hydrogen-bond donors (Lipinski definition) is 0. The normalized spacial score (nSPS) is 32.5.